The number of carbonyl (C=O) groups excluding carboxylic acids is 1. The van der Waals surface area contributed by atoms with E-state index in [4.69, 9.17) is 5.73 Å². The Balaban J connectivity index is 0.00000200. The third-order valence-electron chi connectivity index (χ3n) is 3.51. The second-order valence-electron chi connectivity index (χ2n) is 5.08. The smallest absolute Gasteiger partial charge is 0.238 e. The molecule has 0 heterocycles. The number of nitrogens with one attached hydrogen (secondary N) is 1. The zero-order valence-corrected chi connectivity index (χ0v) is 13.9. The van der Waals surface area contributed by atoms with Gasteiger partial charge < -0.3 is 11.1 Å². The van der Waals surface area contributed by atoms with Crippen LogP contribution in [0.1, 0.15) is 12.8 Å². The number of para-hydroxylation sites is 1. The normalized spacial score (nSPS) is 15.6. The van der Waals surface area contributed by atoms with Gasteiger partial charge in [-0.2, -0.15) is 0 Å². The number of likely N-dealkylation sites (N-methyl/N-ethyl adjacent to an activating group) is 1. The molecule has 1 atom stereocenters. The lowest BCUT2D eigenvalue weighted by Gasteiger charge is -2.26. The Morgan fingerprint density at radius 2 is 2.15 bits per heavy atom. The predicted octanol–water partition coefficient (Wildman–Crippen LogP) is 2.48. The molecular formula is C14H21BrClN3O. The number of hydrogen-bond acceptors (Lipinski definition) is 3. The summed E-state index contributed by atoms with van der Waals surface area (Å²) in [5.41, 5.74) is 6.59. The molecule has 0 radical (unpaired) electrons. The van der Waals surface area contributed by atoms with Gasteiger partial charge in [0.15, 0.2) is 0 Å². The number of hydrogen-bond donors (Lipinski definition) is 2. The molecular weight excluding hydrogens is 342 g/mol. The molecule has 4 nitrogen and oxygen atoms in total. The minimum Gasteiger partial charge on any atom is -0.329 e. The van der Waals surface area contributed by atoms with Crippen LogP contribution in [0.4, 0.5) is 5.69 Å². The Labute approximate surface area is 134 Å². The Hall–Kier alpha value is -0.620. The van der Waals surface area contributed by atoms with Crippen LogP contribution < -0.4 is 11.1 Å². The van der Waals surface area contributed by atoms with Crippen LogP contribution in [0.25, 0.3) is 0 Å². The number of anilines is 1. The summed E-state index contributed by atoms with van der Waals surface area (Å²) >= 11 is 3.42. The lowest BCUT2D eigenvalue weighted by molar-refractivity contribution is -0.117. The van der Waals surface area contributed by atoms with Gasteiger partial charge in [0, 0.05) is 17.1 Å². The Morgan fingerprint density at radius 1 is 1.50 bits per heavy atom. The highest BCUT2D eigenvalue weighted by Gasteiger charge is 2.33. The average molecular weight is 363 g/mol. The molecule has 3 N–H and O–H groups in total. The fraction of sp³-hybridized carbons (Fsp3) is 0.500. The molecule has 0 saturated heterocycles. The van der Waals surface area contributed by atoms with E-state index >= 15 is 0 Å². The average Bonchev–Trinajstić information content (AvgIpc) is 3.17. The van der Waals surface area contributed by atoms with Crippen molar-refractivity contribution in [3.63, 3.8) is 0 Å². The highest BCUT2D eigenvalue weighted by atomic mass is 79.9. The van der Waals surface area contributed by atoms with Crippen LogP contribution in [0, 0.1) is 5.92 Å². The minimum absolute atomic E-state index is 0. The summed E-state index contributed by atoms with van der Waals surface area (Å²) in [5.74, 6) is 0.666. The molecule has 0 bridgehead atoms. The summed E-state index contributed by atoms with van der Waals surface area (Å²) in [6.45, 7) is 0.989. The van der Waals surface area contributed by atoms with Crippen molar-refractivity contribution in [2.24, 2.45) is 11.7 Å². The molecule has 1 fully saturated rings. The Bertz CT molecular complexity index is 454. The molecule has 1 unspecified atom stereocenters. The van der Waals surface area contributed by atoms with Crippen molar-refractivity contribution in [1.82, 2.24) is 4.90 Å². The quantitative estimate of drug-likeness (QED) is 0.817. The van der Waals surface area contributed by atoms with Crippen molar-refractivity contribution in [1.29, 1.82) is 0 Å². The Morgan fingerprint density at radius 3 is 2.70 bits per heavy atom. The number of rotatable bonds is 6. The number of nitrogens with two attached hydrogens (primary N) is 1. The lowest BCUT2D eigenvalue weighted by Crippen LogP contribution is -2.43. The first-order chi connectivity index (χ1) is 9.11. The van der Waals surface area contributed by atoms with E-state index in [1.54, 1.807) is 0 Å². The third-order valence-corrected chi connectivity index (χ3v) is 4.21. The van der Waals surface area contributed by atoms with E-state index in [9.17, 15) is 4.79 Å². The SMILES string of the molecule is CN(CC(=O)Nc1ccccc1Br)C(CN)C1CC1.Cl. The summed E-state index contributed by atoms with van der Waals surface area (Å²) in [6.07, 6.45) is 2.47. The maximum atomic E-state index is 12.0. The van der Waals surface area contributed by atoms with Crippen LogP contribution in [-0.2, 0) is 4.79 Å². The summed E-state index contributed by atoms with van der Waals surface area (Å²) in [7, 11) is 1.97. The van der Waals surface area contributed by atoms with E-state index in [2.05, 4.69) is 26.1 Å². The van der Waals surface area contributed by atoms with Gasteiger partial charge in [0.1, 0.15) is 0 Å². The molecule has 112 valence electrons. The molecule has 1 saturated carbocycles. The van der Waals surface area contributed by atoms with Crippen molar-refractivity contribution < 1.29 is 4.79 Å². The van der Waals surface area contributed by atoms with Crippen molar-refractivity contribution in [2.45, 2.75) is 18.9 Å². The summed E-state index contributed by atoms with van der Waals surface area (Å²) in [4.78, 5) is 14.1. The topological polar surface area (TPSA) is 58.4 Å². The lowest BCUT2D eigenvalue weighted by atomic mass is 10.1. The molecule has 1 amide bonds. The van der Waals surface area contributed by atoms with Gasteiger partial charge in [-0.1, -0.05) is 12.1 Å². The van der Waals surface area contributed by atoms with Gasteiger partial charge in [0.25, 0.3) is 0 Å². The van der Waals surface area contributed by atoms with Gasteiger partial charge in [-0.15, -0.1) is 12.4 Å². The van der Waals surface area contributed by atoms with Crippen LogP contribution in [0.5, 0.6) is 0 Å². The van der Waals surface area contributed by atoms with Gasteiger partial charge >= 0.3 is 0 Å². The number of nitrogens with zero attached hydrogens (tertiary/aromatic N) is 1. The van der Waals surface area contributed by atoms with E-state index in [0.717, 1.165) is 10.2 Å². The molecule has 0 spiro atoms. The fourth-order valence-corrected chi connectivity index (χ4v) is 2.69. The molecule has 1 aliphatic rings. The van der Waals surface area contributed by atoms with Crippen LogP contribution in [0.2, 0.25) is 0 Å². The van der Waals surface area contributed by atoms with Crippen LogP contribution in [0.15, 0.2) is 28.7 Å². The van der Waals surface area contributed by atoms with Gasteiger partial charge in [0.2, 0.25) is 5.91 Å². The first-order valence-electron chi connectivity index (χ1n) is 6.56. The van der Waals surface area contributed by atoms with Crippen molar-refractivity contribution in [2.75, 3.05) is 25.5 Å². The fourth-order valence-electron chi connectivity index (χ4n) is 2.31. The summed E-state index contributed by atoms with van der Waals surface area (Å²) in [6, 6.07) is 7.93. The minimum atomic E-state index is -0.00602. The van der Waals surface area contributed by atoms with Crippen LogP contribution in [-0.4, -0.2) is 37.0 Å². The molecule has 0 aliphatic heterocycles. The van der Waals surface area contributed by atoms with Gasteiger partial charge in [0.05, 0.1) is 12.2 Å². The standard InChI is InChI=1S/C14H20BrN3O.ClH/c1-18(13(8-16)10-6-7-10)9-14(19)17-12-5-3-2-4-11(12)15;/h2-5,10,13H,6-9,16H2,1H3,(H,17,19);1H. The van der Waals surface area contributed by atoms with E-state index < -0.39 is 0 Å². The van der Waals surface area contributed by atoms with Crippen molar-refractivity contribution in [3.8, 4) is 0 Å². The molecule has 1 aromatic rings. The second-order valence-corrected chi connectivity index (χ2v) is 5.94. The van der Waals surface area contributed by atoms with Crippen molar-refractivity contribution in [3.05, 3.63) is 28.7 Å². The number of amides is 1. The first kappa shape index (κ1) is 17.4. The van der Waals surface area contributed by atoms with Gasteiger partial charge in [-0.25, -0.2) is 0 Å². The molecule has 6 heteroatoms. The highest BCUT2D eigenvalue weighted by molar-refractivity contribution is 9.10. The van der Waals surface area contributed by atoms with Gasteiger partial charge in [-0.05, 0) is 53.9 Å². The molecule has 0 aromatic heterocycles. The number of carbonyl (C=O) groups is 1. The van der Waals surface area contributed by atoms with E-state index in [1.165, 1.54) is 12.8 Å². The molecule has 1 aromatic carbocycles. The molecule has 1 aliphatic carbocycles. The molecule has 20 heavy (non-hydrogen) atoms. The summed E-state index contributed by atoms with van der Waals surface area (Å²) < 4.78 is 0.892. The third kappa shape index (κ3) is 4.74. The molecule has 2 rings (SSSR count). The van der Waals surface area contributed by atoms with E-state index in [0.29, 0.717) is 25.0 Å². The largest absolute Gasteiger partial charge is 0.329 e. The van der Waals surface area contributed by atoms with Crippen LogP contribution in [0.3, 0.4) is 0 Å². The number of benzene rings is 1. The maximum Gasteiger partial charge on any atom is 0.238 e. The van der Waals surface area contributed by atoms with E-state index in [-0.39, 0.29) is 18.3 Å². The van der Waals surface area contributed by atoms with E-state index in [1.807, 2.05) is 31.3 Å². The predicted molar refractivity (Wildman–Crippen MR) is 88.2 cm³/mol. The number of halogens is 2. The van der Waals surface area contributed by atoms with Crippen LogP contribution >= 0.6 is 28.3 Å². The highest BCUT2D eigenvalue weighted by Crippen LogP contribution is 2.34. The van der Waals surface area contributed by atoms with Gasteiger partial charge in [-0.3, -0.25) is 9.69 Å². The first-order valence-corrected chi connectivity index (χ1v) is 7.35. The summed E-state index contributed by atoms with van der Waals surface area (Å²) in [5, 5.41) is 2.91. The monoisotopic (exact) mass is 361 g/mol. The Kier molecular flexibility index (Phi) is 6.95. The zero-order valence-electron chi connectivity index (χ0n) is 11.5. The van der Waals surface area contributed by atoms with Crippen molar-refractivity contribution >= 4 is 39.9 Å². The second kappa shape index (κ2) is 7.98. The maximum absolute atomic E-state index is 12.0. The zero-order chi connectivity index (χ0) is 13.8.